The number of H-pyrrole nitrogens is 1. The number of ether oxygens (including phenoxy) is 1. The van der Waals surface area contributed by atoms with Crippen LogP contribution < -0.4 is 5.73 Å². The number of carbonyl (C=O) groups is 1. The van der Waals surface area contributed by atoms with E-state index in [0.717, 1.165) is 43.6 Å². The van der Waals surface area contributed by atoms with Gasteiger partial charge in [-0.2, -0.15) is 5.10 Å². The molecule has 132 valence electrons. The maximum absolute atomic E-state index is 12.8. The maximum Gasteiger partial charge on any atom is 0.316 e. The van der Waals surface area contributed by atoms with Crippen molar-refractivity contribution < 1.29 is 9.53 Å². The van der Waals surface area contributed by atoms with E-state index >= 15 is 0 Å². The quantitative estimate of drug-likeness (QED) is 0.564. The van der Waals surface area contributed by atoms with E-state index in [-0.39, 0.29) is 5.97 Å². The number of aromatic amines is 1. The number of nitrogens with one attached hydrogen (secondary N) is 1. The summed E-state index contributed by atoms with van der Waals surface area (Å²) in [5.74, 6) is 0.640. The monoisotopic (exact) mass is 332 g/mol. The van der Waals surface area contributed by atoms with Crippen molar-refractivity contribution in [3.05, 3.63) is 11.8 Å². The summed E-state index contributed by atoms with van der Waals surface area (Å²) in [5.41, 5.74) is 7.54. The molecule has 1 aromatic heterocycles. The minimum atomic E-state index is -0.792. The molecule has 24 heavy (non-hydrogen) atoms. The molecule has 2 aliphatic rings. The summed E-state index contributed by atoms with van der Waals surface area (Å²) in [6, 6.07) is 0. The number of nitrogens with zero attached hydrogens (tertiary/aromatic N) is 2. The standard InChI is InChI=1S/C18H28N4O2/c1-3-4-5-9-18(19)14-11-20-22-16(14)21-12(2)15(18)17(23)24-10-8-13-6-7-13/h11,13,15H,3-10,19H2,1-2H3,(H,20,22). The third kappa shape index (κ3) is 3.38. The van der Waals surface area contributed by atoms with Gasteiger partial charge in [-0.1, -0.05) is 39.0 Å². The van der Waals surface area contributed by atoms with Gasteiger partial charge in [0.2, 0.25) is 0 Å². The minimum Gasteiger partial charge on any atom is -0.465 e. The molecule has 1 aromatic rings. The Morgan fingerprint density at radius 2 is 2.25 bits per heavy atom. The van der Waals surface area contributed by atoms with Crippen LogP contribution in [0.25, 0.3) is 0 Å². The van der Waals surface area contributed by atoms with E-state index in [0.29, 0.717) is 18.1 Å². The molecular formula is C18H28N4O2. The van der Waals surface area contributed by atoms with E-state index in [1.54, 1.807) is 6.20 Å². The molecule has 1 saturated carbocycles. The number of hydrogen-bond acceptors (Lipinski definition) is 5. The second-order valence-electron chi connectivity index (χ2n) is 7.22. The number of hydrogen-bond donors (Lipinski definition) is 2. The van der Waals surface area contributed by atoms with Gasteiger partial charge >= 0.3 is 5.97 Å². The predicted octanol–water partition coefficient (Wildman–Crippen LogP) is 3.21. The van der Waals surface area contributed by atoms with Crippen molar-refractivity contribution in [2.75, 3.05) is 6.61 Å². The van der Waals surface area contributed by atoms with Crippen molar-refractivity contribution in [1.82, 2.24) is 10.2 Å². The first-order chi connectivity index (χ1) is 11.6. The second-order valence-corrected chi connectivity index (χ2v) is 7.22. The van der Waals surface area contributed by atoms with Gasteiger partial charge in [0.1, 0.15) is 5.92 Å². The SMILES string of the molecule is CCCCCC1(N)c2cn[nH]c2N=C(C)C1C(=O)OCCC1CC1. The topological polar surface area (TPSA) is 93.4 Å². The molecule has 0 radical (unpaired) electrons. The van der Waals surface area contributed by atoms with Crippen LogP contribution in [0, 0.1) is 11.8 Å². The van der Waals surface area contributed by atoms with Crippen molar-refractivity contribution in [1.29, 1.82) is 0 Å². The normalized spacial score (nSPS) is 26.0. The Bertz CT molecular complexity index is 620. The number of aromatic nitrogens is 2. The van der Waals surface area contributed by atoms with Gasteiger partial charge in [0.05, 0.1) is 18.3 Å². The Hall–Kier alpha value is -1.69. The molecule has 2 heterocycles. The highest BCUT2D eigenvalue weighted by Gasteiger charge is 2.48. The van der Waals surface area contributed by atoms with Crippen LogP contribution in [0.3, 0.4) is 0 Å². The van der Waals surface area contributed by atoms with Crippen molar-refractivity contribution in [3.63, 3.8) is 0 Å². The van der Waals surface area contributed by atoms with Crippen molar-refractivity contribution in [2.45, 2.75) is 64.3 Å². The summed E-state index contributed by atoms with van der Waals surface area (Å²) in [4.78, 5) is 17.3. The molecule has 1 fully saturated rings. The summed E-state index contributed by atoms with van der Waals surface area (Å²) in [7, 11) is 0. The molecule has 2 unspecified atom stereocenters. The highest BCUT2D eigenvalue weighted by molar-refractivity contribution is 6.05. The molecule has 6 heteroatoms. The summed E-state index contributed by atoms with van der Waals surface area (Å²) in [6.07, 6.45) is 9.08. The maximum atomic E-state index is 12.8. The molecule has 3 rings (SSSR count). The number of aliphatic imine (C=N–C) groups is 1. The first-order valence-corrected chi connectivity index (χ1v) is 9.10. The Kier molecular flexibility index (Phi) is 5.04. The van der Waals surface area contributed by atoms with Gasteiger partial charge in [-0.15, -0.1) is 0 Å². The Balaban J connectivity index is 1.78. The van der Waals surface area contributed by atoms with Crippen LogP contribution in [0.15, 0.2) is 11.2 Å². The van der Waals surface area contributed by atoms with E-state index in [9.17, 15) is 4.79 Å². The number of rotatable bonds is 8. The zero-order valence-corrected chi connectivity index (χ0v) is 14.7. The Morgan fingerprint density at radius 3 is 2.96 bits per heavy atom. The van der Waals surface area contributed by atoms with Gasteiger partial charge < -0.3 is 10.5 Å². The van der Waals surface area contributed by atoms with Crippen LogP contribution in [0.4, 0.5) is 5.82 Å². The lowest BCUT2D eigenvalue weighted by Crippen LogP contribution is -2.52. The van der Waals surface area contributed by atoms with E-state index < -0.39 is 11.5 Å². The number of unbranched alkanes of at least 4 members (excludes halogenated alkanes) is 2. The molecule has 1 aliphatic heterocycles. The highest BCUT2D eigenvalue weighted by atomic mass is 16.5. The fourth-order valence-electron chi connectivity index (χ4n) is 3.62. The second kappa shape index (κ2) is 7.05. The number of carbonyl (C=O) groups excluding carboxylic acids is 1. The van der Waals surface area contributed by atoms with E-state index in [2.05, 4.69) is 22.1 Å². The summed E-state index contributed by atoms with van der Waals surface area (Å²) < 4.78 is 5.57. The molecule has 3 N–H and O–H groups in total. The fraction of sp³-hybridized carbons (Fsp3) is 0.722. The third-order valence-electron chi connectivity index (χ3n) is 5.24. The van der Waals surface area contributed by atoms with Crippen LogP contribution in [-0.2, 0) is 15.1 Å². The lowest BCUT2D eigenvalue weighted by atomic mass is 9.72. The average molecular weight is 332 g/mol. The number of nitrogens with two attached hydrogens (primary N) is 1. The molecular weight excluding hydrogens is 304 g/mol. The summed E-state index contributed by atoms with van der Waals surface area (Å²) in [5, 5.41) is 6.97. The molecule has 0 amide bonds. The number of esters is 1. The van der Waals surface area contributed by atoms with Crippen molar-refractivity contribution >= 4 is 17.5 Å². The van der Waals surface area contributed by atoms with Crippen LogP contribution >= 0.6 is 0 Å². The Morgan fingerprint density at radius 1 is 1.46 bits per heavy atom. The Labute approximate surface area is 143 Å². The van der Waals surface area contributed by atoms with Gasteiger partial charge in [-0.05, 0) is 25.7 Å². The number of fused-ring (bicyclic) bond motifs is 1. The molecule has 2 atom stereocenters. The largest absolute Gasteiger partial charge is 0.465 e. The highest BCUT2D eigenvalue weighted by Crippen LogP contribution is 2.42. The van der Waals surface area contributed by atoms with Gasteiger partial charge in [0, 0.05) is 11.3 Å². The average Bonchev–Trinajstić information content (AvgIpc) is 3.23. The van der Waals surface area contributed by atoms with Crippen LogP contribution in [0.1, 0.15) is 64.4 Å². The first kappa shape index (κ1) is 17.1. The lowest BCUT2D eigenvalue weighted by molar-refractivity contribution is -0.148. The van der Waals surface area contributed by atoms with Crippen molar-refractivity contribution in [2.24, 2.45) is 22.6 Å². The van der Waals surface area contributed by atoms with E-state index in [4.69, 9.17) is 10.5 Å². The molecule has 1 aliphatic carbocycles. The fourth-order valence-corrected chi connectivity index (χ4v) is 3.62. The van der Waals surface area contributed by atoms with Gasteiger partial charge in [-0.25, -0.2) is 4.99 Å². The first-order valence-electron chi connectivity index (χ1n) is 9.10. The molecule has 0 bridgehead atoms. The van der Waals surface area contributed by atoms with Crippen LogP contribution in [0.5, 0.6) is 0 Å². The predicted molar refractivity (Wildman–Crippen MR) is 93.2 cm³/mol. The van der Waals surface area contributed by atoms with Gasteiger partial charge in [0.15, 0.2) is 5.82 Å². The minimum absolute atomic E-state index is 0.247. The van der Waals surface area contributed by atoms with Crippen LogP contribution in [0.2, 0.25) is 0 Å². The zero-order valence-electron chi connectivity index (χ0n) is 14.7. The van der Waals surface area contributed by atoms with E-state index in [1.807, 2.05) is 6.92 Å². The molecule has 6 nitrogen and oxygen atoms in total. The summed E-state index contributed by atoms with van der Waals surface area (Å²) in [6.45, 7) is 4.50. The molecule has 0 saturated heterocycles. The smallest absolute Gasteiger partial charge is 0.316 e. The lowest BCUT2D eigenvalue weighted by Gasteiger charge is -2.38. The molecule has 0 aromatic carbocycles. The van der Waals surface area contributed by atoms with Gasteiger partial charge in [-0.3, -0.25) is 9.89 Å². The van der Waals surface area contributed by atoms with E-state index in [1.165, 1.54) is 12.8 Å². The van der Waals surface area contributed by atoms with Gasteiger partial charge in [0.25, 0.3) is 0 Å². The van der Waals surface area contributed by atoms with Crippen molar-refractivity contribution in [3.8, 4) is 0 Å². The summed E-state index contributed by atoms with van der Waals surface area (Å²) >= 11 is 0. The van der Waals surface area contributed by atoms with Crippen LogP contribution in [-0.4, -0.2) is 28.5 Å². The zero-order chi connectivity index (χ0) is 17.2. The molecule has 0 spiro atoms. The third-order valence-corrected chi connectivity index (χ3v) is 5.24.